The molecule has 0 fully saturated rings. The molecule has 74 heavy (non-hydrogen) atoms. The molecule has 16 heteroatoms. The molecule has 388 valence electrons. The van der Waals surface area contributed by atoms with Crippen LogP contribution >= 0.6 is 0 Å². The number of hydrogen-bond acceptors (Lipinski definition) is 16. The molecule has 0 amide bonds. The molecule has 0 aliphatic carbocycles. The summed E-state index contributed by atoms with van der Waals surface area (Å²) < 4.78 is 48.4. The maximum atomic E-state index is 12.9. The summed E-state index contributed by atoms with van der Waals surface area (Å²) in [5, 5.41) is 0. The van der Waals surface area contributed by atoms with Gasteiger partial charge < -0.3 is 42.6 Å². The van der Waals surface area contributed by atoms with Crippen LogP contribution in [0.1, 0.15) is 106 Å². The normalized spacial score (nSPS) is 10.5. The van der Waals surface area contributed by atoms with Crippen LogP contribution in [0.2, 0.25) is 0 Å². The van der Waals surface area contributed by atoms with Crippen molar-refractivity contribution < 1.29 is 76.2 Å². The van der Waals surface area contributed by atoms with E-state index in [1.54, 1.807) is 97.1 Å². The average molecular weight is 1010 g/mol. The van der Waals surface area contributed by atoms with Crippen LogP contribution in [0.15, 0.2) is 141 Å². The van der Waals surface area contributed by atoms with E-state index in [0.29, 0.717) is 67.0 Å². The number of benzene rings is 5. The van der Waals surface area contributed by atoms with Crippen molar-refractivity contribution in [1.29, 1.82) is 0 Å². The van der Waals surface area contributed by atoms with Crippen LogP contribution in [0.3, 0.4) is 0 Å². The summed E-state index contributed by atoms with van der Waals surface area (Å²) in [6.45, 7) is 8.48. The first-order chi connectivity index (χ1) is 35.9. The van der Waals surface area contributed by atoms with E-state index >= 15 is 0 Å². The average Bonchev–Trinajstić information content (AvgIpc) is 3.42. The van der Waals surface area contributed by atoms with Crippen molar-refractivity contribution in [2.24, 2.45) is 0 Å². The van der Waals surface area contributed by atoms with Gasteiger partial charge in [0.15, 0.2) is 0 Å². The molecule has 0 bridgehead atoms. The van der Waals surface area contributed by atoms with Gasteiger partial charge in [0.05, 0.1) is 44.7 Å². The second kappa shape index (κ2) is 31.0. The summed E-state index contributed by atoms with van der Waals surface area (Å²) in [6, 6.07) is 30.7. The molecule has 5 rings (SSSR count). The van der Waals surface area contributed by atoms with Crippen molar-refractivity contribution in [1.82, 2.24) is 0 Å². The molecule has 16 nitrogen and oxygen atoms in total. The Morgan fingerprint density at radius 3 is 1.23 bits per heavy atom. The highest BCUT2D eigenvalue weighted by Crippen LogP contribution is 2.27. The number of rotatable bonds is 31. The summed E-state index contributed by atoms with van der Waals surface area (Å²) in [5.74, 6) is -2.11. The van der Waals surface area contributed by atoms with Crippen molar-refractivity contribution in [2.75, 3.05) is 33.5 Å². The Hall–Kier alpha value is -8.53. The Morgan fingerprint density at radius 2 is 0.811 bits per heavy atom. The first kappa shape index (κ1) is 56.4. The predicted molar refractivity (Wildman–Crippen MR) is 272 cm³/mol. The lowest BCUT2D eigenvalue weighted by molar-refractivity contribution is -0.138. The van der Waals surface area contributed by atoms with Crippen molar-refractivity contribution in [2.45, 2.75) is 77.0 Å². The molecular weight excluding hydrogens is 953 g/mol. The maximum Gasteiger partial charge on any atom is 0.343 e. The van der Waals surface area contributed by atoms with Gasteiger partial charge in [-0.3, -0.25) is 9.59 Å². The molecule has 0 saturated carbocycles. The molecule has 5 aromatic rings. The van der Waals surface area contributed by atoms with Crippen LogP contribution in [0.5, 0.6) is 34.5 Å². The zero-order valence-electron chi connectivity index (χ0n) is 41.4. The Kier molecular flexibility index (Phi) is 23.7. The molecule has 0 heterocycles. The van der Waals surface area contributed by atoms with Gasteiger partial charge in [-0.25, -0.2) is 24.0 Å². The topological polar surface area (TPSA) is 203 Å². The van der Waals surface area contributed by atoms with E-state index < -0.39 is 41.8 Å². The van der Waals surface area contributed by atoms with Crippen LogP contribution in [-0.2, 0) is 46.2 Å². The monoisotopic (exact) mass is 1010 g/mol. The fourth-order valence-corrected chi connectivity index (χ4v) is 6.89. The summed E-state index contributed by atoms with van der Waals surface area (Å²) >= 11 is 0. The molecule has 0 radical (unpaired) electrons. The largest absolute Gasteiger partial charge is 0.494 e. The van der Waals surface area contributed by atoms with Crippen LogP contribution in [0.4, 0.5) is 0 Å². The third kappa shape index (κ3) is 20.3. The van der Waals surface area contributed by atoms with Gasteiger partial charge >= 0.3 is 41.8 Å². The molecule has 0 aromatic heterocycles. The van der Waals surface area contributed by atoms with E-state index in [1.165, 1.54) is 25.3 Å². The van der Waals surface area contributed by atoms with Crippen LogP contribution < -0.4 is 28.4 Å². The molecule has 0 atom stereocenters. The Bertz CT molecular complexity index is 2650. The molecule has 0 spiro atoms. The fraction of sp³-hybridized carbons (Fsp3) is 0.293. The Balaban J connectivity index is 0.985. The molecule has 0 aliphatic heterocycles. The second-order valence-electron chi connectivity index (χ2n) is 16.5. The van der Waals surface area contributed by atoms with Crippen LogP contribution in [0.25, 0.3) is 0 Å². The Labute approximate surface area is 430 Å². The lowest BCUT2D eigenvalue weighted by Gasteiger charge is -2.11. The second-order valence-corrected chi connectivity index (χ2v) is 16.5. The molecule has 0 N–H and O–H groups in total. The number of ether oxygens (including phenoxy) is 9. The van der Waals surface area contributed by atoms with Gasteiger partial charge in [0.1, 0.15) is 40.1 Å². The van der Waals surface area contributed by atoms with E-state index in [0.717, 1.165) is 74.6 Å². The van der Waals surface area contributed by atoms with Crippen molar-refractivity contribution >= 4 is 41.8 Å². The van der Waals surface area contributed by atoms with Gasteiger partial charge in [0, 0.05) is 25.0 Å². The van der Waals surface area contributed by atoms with Gasteiger partial charge in [0.25, 0.3) is 0 Å². The zero-order chi connectivity index (χ0) is 52.9. The lowest BCUT2D eigenvalue weighted by atomic mass is 10.1. The van der Waals surface area contributed by atoms with Crippen LogP contribution in [0, 0.1) is 0 Å². The van der Waals surface area contributed by atoms with Gasteiger partial charge in [-0.05, 0) is 166 Å². The minimum atomic E-state index is -0.807. The quantitative estimate of drug-likeness (QED) is 0.0133. The number of carbonyl (C=O) groups is 7. The number of carbonyl (C=O) groups excluding carboxylic acids is 7. The first-order valence-electron chi connectivity index (χ1n) is 24.2. The smallest absolute Gasteiger partial charge is 0.343 e. The standard InChI is InChI=1S/C58H60O16/c1-4-52(59)69-38-12-8-6-10-36-67-45-28-20-43(21-29-45)56(63)72-47-24-14-41(15-25-47)18-34-54(61)71-49-32-33-51(50(40-49)58(65)66-3)74-55(62)35-19-42-16-26-48(27-17-42)73-57(64)44-22-30-46(31-23-44)68-37-11-7-9-13-39-70-53(60)5-2/h4-5,14-17,20-33,40H,1-2,6-13,18-19,34-39H2,3H3. The molecular formula is C58H60O16. The SMILES string of the molecule is C=CC(=O)OCCCCCCOc1ccc(C(=O)Oc2ccc(CCC(=O)Oc3ccc(OC(=O)CCc4ccc(OC(=O)c5ccc(OCCCCCCOC(=O)C=C)cc5)cc4)c(C(=O)OC)c3)cc2)cc1. The maximum absolute atomic E-state index is 12.9. The summed E-state index contributed by atoms with van der Waals surface area (Å²) in [5.41, 5.74) is 2.12. The summed E-state index contributed by atoms with van der Waals surface area (Å²) in [7, 11) is 1.17. The minimum absolute atomic E-state index is 0.0121. The number of methoxy groups -OCH3 is 1. The molecule has 0 saturated heterocycles. The van der Waals surface area contributed by atoms with Crippen molar-refractivity contribution in [3.63, 3.8) is 0 Å². The third-order valence-electron chi connectivity index (χ3n) is 10.9. The first-order valence-corrected chi connectivity index (χ1v) is 24.2. The van der Waals surface area contributed by atoms with Gasteiger partial charge in [-0.1, -0.05) is 37.4 Å². The van der Waals surface area contributed by atoms with Crippen molar-refractivity contribution in [3.05, 3.63) is 168 Å². The number of hydrogen-bond donors (Lipinski definition) is 0. The summed E-state index contributed by atoms with van der Waals surface area (Å²) in [4.78, 5) is 86.1. The van der Waals surface area contributed by atoms with Crippen molar-refractivity contribution in [3.8, 4) is 34.5 Å². The lowest BCUT2D eigenvalue weighted by Crippen LogP contribution is -2.14. The van der Waals surface area contributed by atoms with E-state index in [1.807, 2.05) is 0 Å². The number of unbranched alkanes of at least 4 members (excludes halogenated alkanes) is 6. The van der Waals surface area contributed by atoms with Gasteiger partial charge in [-0.15, -0.1) is 0 Å². The number of esters is 7. The van der Waals surface area contributed by atoms with E-state index in [2.05, 4.69) is 13.2 Å². The Morgan fingerprint density at radius 1 is 0.419 bits per heavy atom. The predicted octanol–water partition coefficient (Wildman–Crippen LogP) is 10.3. The third-order valence-corrected chi connectivity index (χ3v) is 10.9. The minimum Gasteiger partial charge on any atom is -0.494 e. The highest BCUT2D eigenvalue weighted by atomic mass is 16.6. The highest BCUT2D eigenvalue weighted by Gasteiger charge is 2.19. The fourth-order valence-electron chi connectivity index (χ4n) is 6.89. The highest BCUT2D eigenvalue weighted by molar-refractivity contribution is 5.94. The molecule has 0 unspecified atom stereocenters. The molecule has 5 aromatic carbocycles. The van der Waals surface area contributed by atoms with E-state index in [9.17, 15) is 33.6 Å². The van der Waals surface area contributed by atoms with Gasteiger partial charge in [-0.2, -0.15) is 0 Å². The summed E-state index contributed by atoms with van der Waals surface area (Å²) in [6.07, 6.45) is 9.65. The van der Waals surface area contributed by atoms with Crippen LogP contribution in [-0.4, -0.2) is 75.3 Å². The van der Waals surface area contributed by atoms with Gasteiger partial charge in [0.2, 0.25) is 0 Å². The zero-order valence-corrected chi connectivity index (χ0v) is 41.4. The van der Waals surface area contributed by atoms with E-state index in [4.69, 9.17) is 42.6 Å². The van der Waals surface area contributed by atoms with E-state index in [-0.39, 0.29) is 36.3 Å². The number of aryl methyl sites for hydroxylation is 2. The molecule has 0 aliphatic rings.